The van der Waals surface area contributed by atoms with Gasteiger partial charge < -0.3 is 13.9 Å². The molecule has 0 saturated carbocycles. The molecule has 0 N–H and O–H groups in total. The summed E-state index contributed by atoms with van der Waals surface area (Å²) in [6, 6.07) is 74.3. The van der Waals surface area contributed by atoms with Gasteiger partial charge in [-0.15, -0.1) is 0 Å². The van der Waals surface area contributed by atoms with Gasteiger partial charge in [-0.25, -0.2) is 0 Å². The lowest BCUT2D eigenvalue weighted by Gasteiger charge is -2.26. The van der Waals surface area contributed by atoms with E-state index in [9.17, 15) is 0 Å². The van der Waals surface area contributed by atoms with E-state index in [1.54, 1.807) is 0 Å². The molecule has 3 heteroatoms. The Balaban J connectivity index is 1.17. The minimum Gasteiger partial charge on any atom is -0.453 e. The molecule has 0 radical (unpaired) electrons. The first-order chi connectivity index (χ1) is 28.3. The van der Waals surface area contributed by atoms with Gasteiger partial charge in [-0.3, -0.25) is 0 Å². The molecule has 2 aromatic heterocycles. The number of furan rings is 1. The fourth-order valence-electron chi connectivity index (χ4n) is 9.24. The third-order valence-corrected chi connectivity index (χ3v) is 11.7. The van der Waals surface area contributed by atoms with E-state index in [1.165, 1.54) is 48.7 Å². The fourth-order valence-corrected chi connectivity index (χ4v) is 9.24. The zero-order valence-corrected chi connectivity index (χ0v) is 30.9. The van der Waals surface area contributed by atoms with Crippen LogP contribution in [0.4, 0.5) is 17.1 Å². The summed E-state index contributed by atoms with van der Waals surface area (Å²) in [7, 11) is 0. The van der Waals surface area contributed by atoms with Crippen LogP contribution in [0.2, 0.25) is 0 Å². The second-order valence-electron chi connectivity index (χ2n) is 14.9. The molecule has 0 aliphatic rings. The van der Waals surface area contributed by atoms with Gasteiger partial charge >= 0.3 is 0 Å². The topological polar surface area (TPSA) is 21.3 Å². The van der Waals surface area contributed by atoms with Crippen molar-refractivity contribution < 1.29 is 4.42 Å². The summed E-state index contributed by atoms with van der Waals surface area (Å²) in [5.41, 5.74) is 10.6. The van der Waals surface area contributed by atoms with Crippen LogP contribution in [0.25, 0.3) is 92.9 Å². The Hall–Kier alpha value is -7.62. The molecule has 0 bridgehead atoms. The highest BCUT2D eigenvalue weighted by Crippen LogP contribution is 2.49. The Morgan fingerprint density at radius 3 is 1.81 bits per heavy atom. The summed E-state index contributed by atoms with van der Waals surface area (Å²) in [5.74, 6) is 0. The van der Waals surface area contributed by atoms with E-state index in [1.807, 2.05) is 0 Å². The highest BCUT2D eigenvalue weighted by molar-refractivity contribution is 6.26. The number of anilines is 3. The number of hydrogen-bond acceptors (Lipinski definition) is 2. The van der Waals surface area contributed by atoms with Gasteiger partial charge in [0.2, 0.25) is 0 Å². The molecule has 3 nitrogen and oxygen atoms in total. The molecule has 0 spiro atoms. The Labute approximate surface area is 328 Å². The van der Waals surface area contributed by atoms with Gasteiger partial charge in [-0.2, -0.15) is 0 Å². The van der Waals surface area contributed by atoms with Crippen molar-refractivity contribution in [2.75, 3.05) is 4.90 Å². The van der Waals surface area contributed by atoms with E-state index in [4.69, 9.17) is 4.42 Å². The zero-order valence-electron chi connectivity index (χ0n) is 30.9. The number of benzene rings is 10. The Morgan fingerprint density at radius 2 is 0.965 bits per heavy atom. The van der Waals surface area contributed by atoms with Crippen LogP contribution in [0.3, 0.4) is 0 Å². The molecule has 0 atom stereocenters. The minimum absolute atomic E-state index is 0.858. The normalized spacial score (nSPS) is 11.9. The monoisotopic (exact) mass is 726 g/mol. The van der Waals surface area contributed by atoms with Crippen molar-refractivity contribution in [3.05, 3.63) is 206 Å². The molecule has 0 aliphatic heterocycles. The van der Waals surface area contributed by atoms with E-state index in [-0.39, 0.29) is 0 Å². The molecule has 12 rings (SSSR count). The van der Waals surface area contributed by atoms with Gasteiger partial charge in [0.25, 0.3) is 0 Å². The van der Waals surface area contributed by atoms with Crippen LogP contribution in [0.5, 0.6) is 0 Å². The largest absolute Gasteiger partial charge is 0.453 e. The molecule has 12 aromatic rings. The lowest BCUT2D eigenvalue weighted by Crippen LogP contribution is -2.10. The number of nitrogens with zero attached hydrogens (tertiary/aromatic N) is 2. The number of rotatable bonds is 5. The summed E-state index contributed by atoms with van der Waals surface area (Å²) < 4.78 is 9.74. The average molecular weight is 727 g/mol. The van der Waals surface area contributed by atoms with E-state index in [2.05, 4.69) is 216 Å². The van der Waals surface area contributed by atoms with E-state index >= 15 is 0 Å². The fraction of sp³-hybridized carbons (Fsp3) is 0. The molecule has 0 fully saturated rings. The van der Waals surface area contributed by atoms with Crippen LogP contribution >= 0.6 is 0 Å². The minimum atomic E-state index is 0.858. The molecule has 2 heterocycles. The van der Waals surface area contributed by atoms with E-state index in [0.29, 0.717) is 0 Å². The van der Waals surface area contributed by atoms with Crippen LogP contribution < -0.4 is 4.90 Å². The third kappa shape index (κ3) is 4.79. The quantitative estimate of drug-likeness (QED) is 0.165. The van der Waals surface area contributed by atoms with Crippen molar-refractivity contribution in [1.82, 2.24) is 4.57 Å². The van der Waals surface area contributed by atoms with E-state index < -0.39 is 0 Å². The predicted octanol–water partition coefficient (Wildman–Crippen LogP) is 15.3. The van der Waals surface area contributed by atoms with Crippen LogP contribution in [0.1, 0.15) is 0 Å². The average Bonchev–Trinajstić information content (AvgIpc) is 3.84. The predicted molar refractivity (Wildman–Crippen MR) is 241 cm³/mol. The standard InChI is InChI=1S/C54H34N2O/c1-3-17-38(18-4-1)55(40-32-31-36-30-29-35-15-7-9-21-41(35)47(36)34-40)50-33-37-16-8-10-22-42(37)52-46-26-13-25-44(53(46)57-54(50)52)43-24-14-28-49-51(43)45-23-11-12-27-48(45)56(49)39-19-5-2-6-20-39/h1-34H. The maximum Gasteiger partial charge on any atom is 0.160 e. The molecule has 10 aromatic carbocycles. The highest BCUT2D eigenvalue weighted by Gasteiger charge is 2.25. The lowest BCUT2D eigenvalue weighted by molar-refractivity contribution is 0.670. The van der Waals surface area contributed by atoms with Crippen molar-refractivity contribution in [2.24, 2.45) is 0 Å². The van der Waals surface area contributed by atoms with Crippen LogP contribution in [0, 0.1) is 0 Å². The van der Waals surface area contributed by atoms with E-state index in [0.717, 1.165) is 61.2 Å². The molecule has 0 unspecified atom stereocenters. The second-order valence-corrected chi connectivity index (χ2v) is 14.9. The first-order valence-electron chi connectivity index (χ1n) is 19.5. The van der Waals surface area contributed by atoms with Crippen LogP contribution in [0.15, 0.2) is 211 Å². The van der Waals surface area contributed by atoms with Gasteiger partial charge in [0.05, 0.1) is 16.7 Å². The Morgan fingerprint density at radius 1 is 0.351 bits per heavy atom. The highest BCUT2D eigenvalue weighted by atomic mass is 16.3. The molecular weight excluding hydrogens is 693 g/mol. The van der Waals surface area contributed by atoms with Gasteiger partial charge in [0.15, 0.2) is 5.58 Å². The molecule has 0 aliphatic carbocycles. The Bertz CT molecular complexity index is 3520. The van der Waals surface area contributed by atoms with Gasteiger partial charge in [0.1, 0.15) is 5.58 Å². The lowest BCUT2D eigenvalue weighted by atomic mass is 9.96. The summed E-state index contributed by atoms with van der Waals surface area (Å²) in [6.07, 6.45) is 0. The summed E-state index contributed by atoms with van der Waals surface area (Å²) in [5, 5.41) is 11.9. The number of hydrogen-bond donors (Lipinski definition) is 0. The second kappa shape index (κ2) is 12.5. The molecule has 0 saturated heterocycles. The first kappa shape index (κ1) is 31.7. The summed E-state index contributed by atoms with van der Waals surface area (Å²) >= 11 is 0. The third-order valence-electron chi connectivity index (χ3n) is 11.7. The smallest absolute Gasteiger partial charge is 0.160 e. The van der Waals surface area contributed by atoms with Gasteiger partial charge in [0, 0.05) is 44.2 Å². The number of fused-ring (bicyclic) bond motifs is 11. The summed E-state index contributed by atoms with van der Waals surface area (Å²) in [6.45, 7) is 0. The van der Waals surface area contributed by atoms with Crippen molar-refractivity contribution in [3.8, 4) is 16.8 Å². The zero-order chi connectivity index (χ0) is 37.5. The maximum absolute atomic E-state index is 7.36. The maximum atomic E-state index is 7.36. The number of aromatic nitrogens is 1. The van der Waals surface area contributed by atoms with Crippen molar-refractivity contribution in [2.45, 2.75) is 0 Å². The van der Waals surface area contributed by atoms with Gasteiger partial charge in [-0.1, -0.05) is 152 Å². The van der Waals surface area contributed by atoms with Crippen LogP contribution in [-0.2, 0) is 0 Å². The van der Waals surface area contributed by atoms with Crippen molar-refractivity contribution in [1.29, 1.82) is 0 Å². The molecule has 0 amide bonds. The molecular formula is C54H34N2O. The van der Waals surface area contributed by atoms with Crippen LogP contribution in [-0.4, -0.2) is 4.57 Å². The SMILES string of the molecule is c1ccc(N(c2ccc3ccc4ccccc4c3c2)c2cc3ccccc3c3c2oc2c(-c4cccc5c4c4ccccc4n5-c4ccccc4)cccc23)cc1. The Kier molecular flexibility index (Phi) is 6.93. The summed E-state index contributed by atoms with van der Waals surface area (Å²) in [4.78, 5) is 2.37. The van der Waals surface area contributed by atoms with Crippen molar-refractivity contribution >= 4 is 93.1 Å². The first-order valence-corrected chi connectivity index (χ1v) is 19.5. The molecule has 266 valence electrons. The van der Waals surface area contributed by atoms with Gasteiger partial charge in [-0.05, 0) is 92.5 Å². The van der Waals surface area contributed by atoms with Crippen molar-refractivity contribution in [3.63, 3.8) is 0 Å². The molecule has 57 heavy (non-hydrogen) atoms. The number of para-hydroxylation sites is 4.